The normalized spacial score (nSPS) is 16.3. The van der Waals surface area contributed by atoms with Gasteiger partial charge in [-0.3, -0.25) is 4.99 Å². The Morgan fingerprint density at radius 2 is 2.00 bits per heavy atom. The lowest BCUT2D eigenvalue weighted by molar-refractivity contribution is 0.308. The number of aliphatic imine (C=N–C) groups is 1. The predicted octanol–water partition coefficient (Wildman–Crippen LogP) is 1.48. The van der Waals surface area contributed by atoms with Gasteiger partial charge in [0.2, 0.25) is 0 Å². The average molecular weight is 171 g/mol. The first-order valence-electron chi connectivity index (χ1n) is 3.70. The summed E-state index contributed by atoms with van der Waals surface area (Å²) in [5.41, 5.74) is 0.328. The van der Waals surface area contributed by atoms with Crippen molar-refractivity contribution >= 4 is 13.8 Å². The standard InChI is InChI=1S/C8H17NOSi/c1-6-7(9-2)8(10)11(3,4)5/h6,8,10H,1H2,2-5H3. The topological polar surface area (TPSA) is 32.6 Å². The SMILES string of the molecule is C=CC(=NC)C(O)[Si](C)(C)C. The van der Waals surface area contributed by atoms with Crippen molar-refractivity contribution in [3.05, 3.63) is 12.7 Å². The highest BCUT2D eigenvalue weighted by Gasteiger charge is 2.27. The van der Waals surface area contributed by atoms with E-state index in [4.69, 9.17) is 0 Å². The predicted molar refractivity (Wildman–Crippen MR) is 52.9 cm³/mol. The molecular weight excluding hydrogens is 154 g/mol. The third-order valence-electron chi connectivity index (χ3n) is 1.57. The fourth-order valence-electron chi connectivity index (χ4n) is 0.769. The van der Waals surface area contributed by atoms with E-state index in [1.807, 2.05) is 0 Å². The van der Waals surface area contributed by atoms with E-state index in [1.54, 1.807) is 13.1 Å². The molecule has 0 amide bonds. The van der Waals surface area contributed by atoms with Gasteiger partial charge in [0.15, 0.2) is 0 Å². The van der Waals surface area contributed by atoms with Crippen LogP contribution in [0.4, 0.5) is 0 Å². The van der Waals surface area contributed by atoms with E-state index in [2.05, 4.69) is 31.2 Å². The summed E-state index contributed by atoms with van der Waals surface area (Å²) >= 11 is 0. The smallest absolute Gasteiger partial charge is 0.0859 e. The molecular formula is C8H17NOSi. The number of aliphatic hydroxyl groups is 1. The number of rotatable bonds is 3. The van der Waals surface area contributed by atoms with Crippen molar-refractivity contribution in [2.45, 2.75) is 25.4 Å². The summed E-state index contributed by atoms with van der Waals surface area (Å²) in [4.78, 5) is 3.96. The quantitative estimate of drug-likeness (QED) is 0.506. The Labute approximate surface area is 69.7 Å². The molecule has 0 spiro atoms. The van der Waals surface area contributed by atoms with Crippen molar-refractivity contribution in [3.63, 3.8) is 0 Å². The van der Waals surface area contributed by atoms with Gasteiger partial charge >= 0.3 is 0 Å². The van der Waals surface area contributed by atoms with Gasteiger partial charge < -0.3 is 5.11 Å². The first-order valence-corrected chi connectivity index (χ1v) is 7.28. The van der Waals surface area contributed by atoms with E-state index in [1.165, 1.54) is 0 Å². The van der Waals surface area contributed by atoms with Crippen molar-refractivity contribution in [2.24, 2.45) is 4.99 Å². The molecule has 64 valence electrons. The monoisotopic (exact) mass is 171 g/mol. The third kappa shape index (κ3) is 2.99. The highest BCUT2D eigenvalue weighted by atomic mass is 28.3. The molecule has 0 saturated heterocycles. The second kappa shape index (κ2) is 3.83. The lowest BCUT2D eigenvalue weighted by Gasteiger charge is -2.23. The van der Waals surface area contributed by atoms with E-state index in [0.29, 0.717) is 5.71 Å². The van der Waals surface area contributed by atoms with Crippen LogP contribution >= 0.6 is 0 Å². The minimum absolute atomic E-state index is 0.384. The zero-order valence-electron chi connectivity index (χ0n) is 7.76. The highest BCUT2D eigenvalue weighted by Crippen LogP contribution is 2.09. The highest BCUT2D eigenvalue weighted by molar-refractivity contribution is 6.80. The van der Waals surface area contributed by atoms with Gasteiger partial charge in [-0.15, -0.1) is 0 Å². The Bertz CT molecular complexity index is 169. The van der Waals surface area contributed by atoms with Crippen LogP contribution in [0, 0.1) is 0 Å². The van der Waals surface area contributed by atoms with E-state index >= 15 is 0 Å². The number of aliphatic hydroxyl groups excluding tert-OH is 1. The Balaban J connectivity index is 4.47. The maximum atomic E-state index is 9.71. The molecule has 0 aromatic rings. The fourth-order valence-corrected chi connectivity index (χ4v) is 1.90. The van der Waals surface area contributed by atoms with Gasteiger partial charge in [0.25, 0.3) is 0 Å². The van der Waals surface area contributed by atoms with Gasteiger partial charge in [0.05, 0.1) is 19.5 Å². The fraction of sp³-hybridized carbons (Fsp3) is 0.625. The van der Waals surface area contributed by atoms with Crippen molar-refractivity contribution in [2.75, 3.05) is 7.05 Å². The maximum Gasteiger partial charge on any atom is 0.0859 e. The molecule has 0 aliphatic heterocycles. The van der Waals surface area contributed by atoms with Gasteiger partial charge in [-0.2, -0.15) is 0 Å². The lowest BCUT2D eigenvalue weighted by atomic mass is 10.4. The molecule has 0 saturated carbocycles. The number of hydrogen-bond acceptors (Lipinski definition) is 2. The molecule has 1 atom stereocenters. The Morgan fingerprint density at radius 1 is 1.55 bits per heavy atom. The van der Waals surface area contributed by atoms with E-state index in [9.17, 15) is 5.11 Å². The average Bonchev–Trinajstić information content (AvgIpc) is 1.88. The molecule has 3 heteroatoms. The molecule has 0 aliphatic rings. The van der Waals surface area contributed by atoms with Crippen LogP contribution < -0.4 is 0 Å². The minimum Gasteiger partial charge on any atom is -0.390 e. The summed E-state index contributed by atoms with van der Waals surface area (Å²) in [6.07, 6.45) is 1.63. The second-order valence-electron chi connectivity index (χ2n) is 3.62. The van der Waals surface area contributed by atoms with E-state index in [-0.39, 0.29) is 5.73 Å². The van der Waals surface area contributed by atoms with Gasteiger partial charge in [0, 0.05) is 7.05 Å². The molecule has 0 heterocycles. The zero-order chi connectivity index (χ0) is 9.07. The van der Waals surface area contributed by atoms with Gasteiger partial charge in [0.1, 0.15) is 0 Å². The van der Waals surface area contributed by atoms with E-state index < -0.39 is 8.07 Å². The molecule has 0 aliphatic carbocycles. The summed E-state index contributed by atoms with van der Waals surface area (Å²) in [5, 5.41) is 9.71. The van der Waals surface area contributed by atoms with Gasteiger partial charge in [-0.25, -0.2) is 0 Å². The first kappa shape index (κ1) is 10.6. The van der Waals surface area contributed by atoms with Gasteiger partial charge in [-0.1, -0.05) is 26.2 Å². The van der Waals surface area contributed by atoms with Crippen molar-refractivity contribution in [1.82, 2.24) is 0 Å². The molecule has 0 fully saturated rings. The summed E-state index contributed by atoms with van der Waals surface area (Å²) in [7, 11) is 0.169. The number of hydrogen-bond donors (Lipinski definition) is 1. The van der Waals surface area contributed by atoms with Gasteiger partial charge in [-0.05, 0) is 6.08 Å². The van der Waals surface area contributed by atoms with Crippen molar-refractivity contribution < 1.29 is 5.11 Å². The second-order valence-corrected chi connectivity index (χ2v) is 8.90. The van der Waals surface area contributed by atoms with Crippen LogP contribution in [-0.2, 0) is 0 Å². The Morgan fingerprint density at radius 3 is 2.09 bits per heavy atom. The summed E-state index contributed by atoms with van der Waals surface area (Å²) < 4.78 is 0. The summed E-state index contributed by atoms with van der Waals surface area (Å²) in [6, 6.07) is 0. The van der Waals surface area contributed by atoms with Crippen LogP contribution in [0.3, 0.4) is 0 Å². The number of nitrogens with zero attached hydrogens (tertiary/aromatic N) is 1. The first-order chi connectivity index (χ1) is 4.93. The molecule has 11 heavy (non-hydrogen) atoms. The minimum atomic E-state index is -1.51. The molecule has 0 rings (SSSR count). The molecule has 0 aromatic carbocycles. The van der Waals surface area contributed by atoms with Crippen molar-refractivity contribution in [1.29, 1.82) is 0 Å². The largest absolute Gasteiger partial charge is 0.390 e. The molecule has 2 nitrogen and oxygen atoms in total. The molecule has 1 N–H and O–H groups in total. The Hall–Kier alpha value is -0.413. The van der Waals surface area contributed by atoms with Crippen LogP contribution in [0.5, 0.6) is 0 Å². The van der Waals surface area contributed by atoms with Crippen LogP contribution in [0.2, 0.25) is 19.6 Å². The molecule has 1 unspecified atom stereocenters. The van der Waals surface area contributed by atoms with Crippen LogP contribution in [0.1, 0.15) is 0 Å². The van der Waals surface area contributed by atoms with E-state index in [0.717, 1.165) is 0 Å². The van der Waals surface area contributed by atoms with Crippen LogP contribution in [0.25, 0.3) is 0 Å². The van der Waals surface area contributed by atoms with Crippen LogP contribution in [-0.4, -0.2) is 31.7 Å². The molecule has 0 aromatic heterocycles. The third-order valence-corrected chi connectivity index (χ3v) is 3.50. The maximum absolute atomic E-state index is 9.71. The molecule has 0 radical (unpaired) electrons. The summed E-state index contributed by atoms with van der Waals surface area (Å²) in [5.74, 6) is 0. The lowest BCUT2D eigenvalue weighted by Crippen LogP contribution is -2.43. The molecule has 0 bridgehead atoms. The van der Waals surface area contributed by atoms with Crippen molar-refractivity contribution in [3.8, 4) is 0 Å². The van der Waals surface area contributed by atoms with Crippen LogP contribution in [0.15, 0.2) is 17.6 Å². The summed E-state index contributed by atoms with van der Waals surface area (Å²) in [6.45, 7) is 9.91. The Kier molecular flexibility index (Phi) is 3.69. The zero-order valence-corrected chi connectivity index (χ0v) is 8.76.